The Hall–Kier alpha value is -0.240. The molecule has 5 atom stereocenters. The first kappa shape index (κ1) is 19.8. The Labute approximate surface area is 133 Å². The summed E-state index contributed by atoms with van der Waals surface area (Å²) in [6.07, 6.45) is 3.58. The molecular weight excluding hydrogens is 288 g/mol. The minimum absolute atomic E-state index is 0.428. The van der Waals surface area contributed by atoms with Crippen molar-refractivity contribution in [3.8, 4) is 0 Å². The Morgan fingerprint density at radius 1 is 0.818 bits per heavy atom. The zero-order chi connectivity index (χ0) is 16.4. The van der Waals surface area contributed by atoms with Gasteiger partial charge in [0.2, 0.25) is 0 Å². The highest BCUT2D eigenvalue weighted by Gasteiger charge is 2.43. The molecule has 6 heteroatoms. The van der Waals surface area contributed by atoms with Crippen molar-refractivity contribution in [1.29, 1.82) is 0 Å². The van der Waals surface area contributed by atoms with Crippen LogP contribution >= 0.6 is 0 Å². The van der Waals surface area contributed by atoms with E-state index in [0.717, 1.165) is 12.8 Å². The van der Waals surface area contributed by atoms with E-state index in [1.807, 2.05) is 0 Å². The predicted molar refractivity (Wildman–Crippen MR) is 82.3 cm³/mol. The number of hydrogen-bond acceptors (Lipinski definition) is 6. The first-order valence-electron chi connectivity index (χ1n) is 8.54. The van der Waals surface area contributed by atoms with Crippen molar-refractivity contribution in [2.24, 2.45) is 0 Å². The zero-order valence-electron chi connectivity index (χ0n) is 13.6. The normalized spacial score (nSPS) is 32.3. The Bertz CT molecular complexity index is 273. The second-order valence-corrected chi connectivity index (χ2v) is 6.04. The topological polar surface area (TPSA) is 99.4 Å². The molecule has 0 bridgehead atoms. The van der Waals surface area contributed by atoms with E-state index in [-0.39, 0.29) is 0 Å². The number of rotatable bonds is 11. The number of unbranched alkanes of at least 4 members (excludes halogenated alkanes) is 7. The molecule has 0 spiro atoms. The van der Waals surface area contributed by atoms with Crippen LogP contribution in [-0.4, -0.2) is 64.3 Å². The monoisotopic (exact) mass is 320 g/mol. The molecule has 22 heavy (non-hydrogen) atoms. The van der Waals surface area contributed by atoms with E-state index in [1.165, 1.54) is 38.5 Å². The van der Waals surface area contributed by atoms with Gasteiger partial charge in [-0.05, 0) is 6.42 Å². The van der Waals surface area contributed by atoms with Crippen molar-refractivity contribution in [3.05, 3.63) is 0 Å². The average Bonchev–Trinajstić information content (AvgIpc) is 2.53. The van der Waals surface area contributed by atoms with Crippen LogP contribution in [0.25, 0.3) is 0 Å². The molecule has 1 aliphatic heterocycles. The molecule has 0 aromatic heterocycles. The van der Waals surface area contributed by atoms with E-state index in [2.05, 4.69) is 6.92 Å². The smallest absolute Gasteiger partial charge is 0.186 e. The standard InChI is InChI=1S/C16H32O6/c1-2-3-4-5-6-7-8-9-10-21-16-15(20)14(19)13(18)12(11-17)22-16/h12-20H,2-11H2,1H3/t12-,13+,14+,15-,16+/m0/s1. The SMILES string of the molecule is CCCCCCCCCCO[C@@H]1O[C@@H](CO)[C@@H](O)[C@@H](O)[C@@H]1O. The lowest BCUT2D eigenvalue weighted by atomic mass is 9.99. The third-order valence-corrected chi connectivity index (χ3v) is 4.13. The molecule has 0 aliphatic carbocycles. The third-order valence-electron chi connectivity index (χ3n) is 4.13. The second-order valence-electron chi connectivity index (χ2n) is 6.04. The molecule has 0 aromatic carbocycles. The first-order valence-corrected chi connectivity index (χ1v) is 8.54. The van der Waals surface area contributed by atoms with Crippen LogP contribution < -0.4 is 0 Å². The Balaban J connectivity index is 2.11. The highest BCUT2D eigenvalue weighted by molar-refractivity contribution is 4.88. The fourth-order valence-corrected chi connectivity index (χ4v) is 2.64. The van der Waals surface area contributed by atoms with Gasteiger partial charge in [0, 0.05) is 6.61 Å². The van der Waals surface area contributed by atoms with Crippen LogP contribution in [0.5, 0.6) is 0 Å². The molecule has 0 unspecified atom stereocenters. The molecule has 1 heterocycles. The molecule has 6 nitrogen and oxygen atoms in total. The van der Waals surface area contributed by atoms with Crippen LogP contribution in [0.1, 0.15) is 58.3 Å². The van der Waals surface area contributed by atoms with Crippen molar-refractivity contribution in [1.82, 2.24) is 0 Å². The molecule has 1 aliphatic rings. The van der Waals surface area contributed by atoms with Gasteiger partial charge in [-0.2, -0.15) is 0 Å². The van der Waals surface area contributed by atoms with E-state index >= 15 is 0 Å². The van der Waals surface area contributed by atoms with Gasteiger partial charge in [0.05, 0.1) is 6.61 Å². The van der Waals surface area contributed by atoms with Gasteiger partial charge in [0.15, 0.2) is 6.29 Å². The van der Waals surface area contributed by atoms with Crippen molar-refractivity contribution >= 4 is 0 Å². The van der Waals surface area contributed by atoms with Gasteiger partial charge < -0.3 is 29.9 Å². The van der Waals surface area contributed by atoms with Crippen LogP contribution in [0, 0.1) is 0 Å². The van der Waals surface area contributed by atoms with Crippen molar-refractivity contribution in [2.45, 2.75) is 89.0 Å². The van der Waals surface area contributed by atoms with Crippen LogP contribution in [0.3, 0.4) is 0 Å². The van der Waals surface area contributed by atoms with Gasteiger partial charge >= 0.3 is 0 Å². The Morgan fingerprint density at radius 3 is 2.00 bits per heavy atom. The lowest BCUT2D eigenvalue weighted by Gasteiger charge is -2.39. The molecule has 0 saturated carbocycles. The summed E-state index contributed by atoms with van der Waals surface area (Å²) in [5.41, 5.74) is 0. The molecule has 0 radical (unpaired) electrons. The summed E-state index contributed by atoms with van der Waals surface area (Å²) < 4.78 is 10.7. The minimum atomic E-state index is -1.37. The van der Waals surface area contributed by atoms with Crippen molar-refractivity contribution < 1.29 is 29.9 Å². The zero-order valence-corrected chi connectivity index (χ0v) is 13.6. The van der Waals surface area contributed by atoms with Crippen LogP contribution in [0.2, 0.25) is 0 Å². The van der Waals surface area contributed by atoms with E-state index in [4.69, 9.17) is 14.6 Å². The maximum Gasteiger partial charge on any atom is 0.186 e. The number of aliphatic hydroxyl groups excluding tert-OH is 4. The average molecular weight is 320 g/mol. The summed E-state index contributed by atoms with van der Waals surface area (Å²) in [5.74, 6) is 0. The maximum absolute atomic E-state index is 9.80. The predicted octanol–water partition coefficient (Wildman–Crippen LogP) is 0.944. The van der Waals surface area contributed by atoms with Gasteiger partial charge in [-0.1, -0.05) is 51.9 Å². The number of hydrogen-bond donors (Lipinski definition) is 4. The minimum Gasteiger partial charge on any atom is -0.394 e. The van der Waals surface area contributed by atoms with E-state index in [1.54, 1.807) is 0 Å². The first-order chi connectivity index (χ1) is 10.6. The molecular formula is C16H32O6. The Kier molecular flexibility index (Phi) is 10.2. The van der Waals surface area contributed by atoms with Crippen molar-refractivity contribution in [2.75, 3.05) is 13.2 Å². The highest BCUT2D eigenvalue weighted by atomic mass is 16.7. The van der Waals surface area contributed by atoms with Gasteiger partial charge in [-0.3, -0.25) is 0 Å². The molecule has 132 valence electrons. The second kappa shape index (κ2) is 11.3. The summed E-state index contributed by atoms with van der Waals surface area (Å²) in [6, 6.07) is 0. The van der Waals surface area contributed by atoms with Crippen LogP contribution in [0.4, 0.5) is 0 Å². The molecule has 1 saturated heterocycles. The third kappa shape index (κ3) is 6.48. The molecule has 0 aromatic rings. The molecule has 4 N–H and O–H groups in total. The summed E-state index contributed by atoms with van der Waals surface area (Å²) in [7, 11) is 0. The lowest BCUT2D eigenvalue weighted by Crippen LogP contribution is -2.59. The van der Waals surface area contributed by atoms with Gasteiger partial charge in [0.25, 0.3) is 0 Å². The summed E-state index contributed by atoms with van der Waals surface area (Å²) in [5, 5.41) is 38.2. The Morgan fingerprint density at radius 2 is 1.41 bits per heavy atom. The fourth-order valence-electron chi connectivity index (χ4n) is 2.64. The largest absolute Gasteiger partial charge is 0.394 e. The summed E-state index contributed by atoms with van der Waals surface area (Å²) >= 11 is 0. The van der Waals surface area contributed by atoms with Gasteiger partial charge in [-0.25, -0.2) is 0 Å². The lowest BCUT2D eigenvalue weighted by molar-refractivity contribution is -0.301. The number of aliphatic hydroxyl groups is 4. The van der Waals surface area contributed by atoms with E-state index in [0.29, 0.717) is 6.61 Å². The highest BCUT2D eigenvalue weighted by Crippen LogP contribution is 2.22. The molecule has 1 fully saturated rings. The van der Waals surface area contributed by atoms with Crippen LogP contribution in [-0.2, 0) is 9.47 Å². The summed E-state index contributed by atoms with van der Waals surface area (Å²) in [4.78, 5) is 0. The van der Waals surface area contributed by atoms with Gasteiger partial charge in [0.1, 0.15) is 24.4 Å². The van der Waals surface area contributed by atoms with Crippen LogP contribution in [0.15, 0.2) is 0 Å². The van der Waals surface area contributed by atoms with E-state index in [9.17, 15) is 15.3 Å². The van der Waals surface area contributed by atoms with E-state index < -0.39 is 37.3 Å². The number of ether oxygens (including phenoxy) is 2. The quantitative estimate of drug-likeness (QED) is 0.423. The molecule has 1 rings (SSSR count). The maximum atomic E-state index is 9.80. The van der Waals surface area contributed by atoms with Gasteiger partial charge in [-0.15, -0.1) is 0 Å². The van der Waals surface area contributed by atoms with Crippen molar-refractivity contribution in [3.63, 3.8) is 0 Å². The summed E-state index contributed by atoms with van der Waals surface area (Å²) in [6.45, 7) is 2.20. The fraction of sp³-hybridized carbons (Fsp3) is 1.00. The molecule has 0 amide bonds.